The Morgan fingerprint density at radius 1 is 1.08 bits per heavy atom. The highest BCUT2D eigenvalue weighted by atomic mass is 16.6. The third-order valence-electron chi connectivity index (χ3n) is 3.61. The molecular formula is C19H28N2O5. The molecule has 0 aliphatic carbocycles. The van der Waals surface area contributed by atoms with Gasteiger partial charge in [0.15, 0.2) is 13.2 Å². The lowest BCUT2D eigenvalue weighted by molar-refractivity contribution is -0.150. The first-order valence-corrected chi connectivity index (χ1v) is 8.75. The predicted octanol–water partition coefficient (Wildman–Crippen LogP) is 1.68. The Labute approximate surface area is 154 Å². The Kier molecular flexibility index (Phi) is 9.19. The van der Waals surface area contributed by atoms with Gasteiger partial charge in [0.1, 0.15) is 5.75 Å². The maximum Gasteiger partial charge on any atom is 0.344 e. The highest BCUT2D eigenvalue weighted by Crippen LogP contribution is 2.24. The normalized spacial score (nSPS) is 10.3. The van der Waals surface area contributed by atoms with Crippen LogP contribution in [0.3, 0.4) is 0 Å². The fourth-order valence-corrected chi connectivity index (χ4v) is 2.01. The van der Waals surface area contributed by atoms with Gasteiger partial charge >= 0.3 is 5.97 Å². The Balaban J connectivity index is 2.33. The van der Waals surface area contributed by atoms with Crippen molar-refractivity contribution in [1.82, 2.24) is 10.6 Å². The van der Waals surface area contributed by atoms with Crippen molar-refractivity contribution >= 4 is 17.8 Å². The predicted molar refractivity (Wildman–Crippen MR) is 98.0 cm³/mol. The van der Waals surface area contributed by atoms with Crippen LogP contribution < -0.4 is 15.4 Å². The van der Waals surface area contributed by atoms with E-state index in [1.54, 1.807) is 0 Å². The molecule has 0 spiro atoms. The number of amides is 2. The summed E-state index contributed by atoms with van der Waals surface area (Å²) in [5.41, 5.74) is 2.03. The monoisotopic (exact) mass is 364 g/mol. The van der Waals surface area contributed by atoms with Crippen LogP contribution in [-0.4, -0.2) is 44.1 Å². The quantitative estimate of drug-likeness (QED) is 0.616. The molecule has 0 aliphatic rings. The van der Waals surface area contributed by atoms with Crippen molar-refractivity contribution in [3.05, 3.63) is 29.3 Å². The van der Waals surface area contributed by atoms with Gasteiger partial charge in [0, 0.05) is 6.54 Å². The van der Waals surface area contributed by atoms with Crippen LogP contribution in [0.1, 0.15) is 44.2 Å². The molecule has 0 heterocycles. The SMILES string of the molecule is CCCNC(=O)CNC(=O)COC(=O)COc1cc(C(C)C)ccc1C. The van der Waals surface area contributed by atoms with Crippen molar-refractivity contribution in [2.45, 2.75) is 40.0 Å². The average Bonchev–Trinajstić information content (AvgIpc) is 2.61. The van der Waals surface area contributed by atoms with Gasteiger partial charge in [-0.15, -0.1) is 0 Å². The molecule has 2 amide bonds. The Morgan fingerprint density at radius 3 is 2.46 bits per heavy atom. The summed E-state index contributed by atoms with van der Waals surface area (Å²) in [5, 5.41) is 5.01. The highest BCUT2D eigenvalue weighted by Gasteiger charge is 2.11. The molecule has 0 unspecified atom stereocenters. The van der Waals surface area contributed by atoms with Gasteiger partial charge < -0.3 is 20.1 Å². The first kappa shape index (κ1) is 21.5. The van der Waals surface area contributed by atoms with E-state index in [1.807, 2.05) is 32.0 Å². The minimum absolute atomic E-state index is 0.145. The van der Waals surface area contributed by atoms with E-state index in [9.17, 15) is 14.4 Å². The summed E-state index contributed by atoms with van der Waals surface area (Å²) in [7, 11) is 0. The summed E-state index contributed by atoms with van der Waals surface area (Å²) in [6, 6.07) is 5.86. The van der Waals surface area contributed by atoms with Crippen LogP contribution in [0.5, 0.6) is 5.75 Å². The number of hydrogen-bond donors (Lipinski definition) is 2. The van der Waals surface area contributed by atoms with Gasteiger partial charge in [-0.25, -0.2) is 4.79 Å². The van der Waals surface area contributed by atoms with Crippen LogP contribution in [0.15, 0.2) is 18.2 Å². The summed E-state index contributed by atoms with van der Waals surface area (Å²) in [5.74, 6) is -0.503. The van der Waals surface area contributed by atoms with Crippen LogP contribution >= 0.6 is 0 Å². The summed E-state index contributed by atoms with van der Waals surface area (Å²) >= 11 is 0. The minimum Gasteiger partial charge on any atom is -0.482 e. The highest BCUT2D eigenvalue weighted by molar-refractivity contribution is 5.86. The zero-order chi connectivity index (χ0) is 19.5. The van der Waals surface area contributed by atoms with Gasteiger partial charge in [0.05, 0.1) is 6.54 Å². The van der Waals surface area contributed by atoms with E-state index < -0.39 is 18.5 Å². The summed E-state index contributed by atoms with van der Waals surface area (Å²) < 4.78 is 10.3. The van der Waals surface area contributed by atoms with E-state index in [1.165, 1.54) is 0 Å². The molecule has 1 aromatic rings. The smallest absolute Gasteiger partial charge is 0.344 e. The fraction of sp³-hybridized carbons (Fsp3) is 0.526. The molecule has 26 heavy (non-hydrogen) atoms. The number of carbonyl (C=O) groups excluding carboxylic acids is 3. The van der Waals surface area contributed by atoms with Crippen LogP contribution in [0.2, 0.25) is 0 Å². The third-order valence-corrected chi connectivity index (χ3v) is 3.61. The second kappa shape index (κ2) is 11.1. The number of carbonyl (C=O) groups is 3. The van der Waals surface area contributed by atoms with Crippen LogP contribution in [-0.2, 0) is 19.1 Å². The lowest BCUT2D eigenvalue weighted by Crippen LogP contribution is -2.39. The Morgan fingerprint density at radius 2 is 1.81 bits per heavy atom. The Bertz CT molecular complexity index is 628. The zero-order valence-electron chi connectivity index (χ0n) is 15.9. The summed E-state index contributed by atoms with van der Waals surface area (Å²) in [4.78, 5) is 34.6. The molecule has 0 saturated heterocycles. The molecule has 0 atom stereocenters. The Hall–Kier alpha value is -2.57. The topological polar surface area (TPSA) is 93.7 Å². The summed E-state index contributed by atoms with van der Waals surface area (Å²) in [6.45, 7) is 7.64. The van der Waals surface area contributed by atoms with Gasteiger partial charge in [-0.05, 0) is 36.5 Å². The number of rotatable bonds is 10. The van der Waals surface area contributed by atoms with Crippen molar-refractivity contribution < 1.29 is 23.9 Å². The van der Waals surface area contributed by atoms with Gasteiger partial charge in [0.25, 0.3) is 5.91 Å². The molecule has 0 aliphatic heterocycles. The molecule has 0 saturated carbocycles. The van der Waals surface area contributed by atoms with E-state index >= 15 is 0 Å². The van der Waals surface area contributed by atoms with Crippen molar-refractivity contribution in [2.75, 3.05) is 26.3 Å². The lowest BCUT2D eigenvalue weighted by atomic mass is 10.0. The zero-order valence-corrected chi connectivity index (χ0v) is 15.9. The molecule has 0 aromatic heterocycles. The van der Waals surface area contributed by atoms with Crippen molar-refractivity contribution in [3.8, 4) is 5.75 Å². The van der Waals surface area contributed by atoms with E-state index in [-0.39, 0.29) is 19.1 Å². The lowest BCUT2D eigenvalue weighted by Gasteiger charge is -2.12. The second-order valence-corrected chi connectivity index (χ2v) is 6.26. The van der Waals surface area contributed by atoms with Crippen LogP contribution in [0.4, 0.5) is 0 Å². The molecule has 0 fully saturated rings. The van der Waals surface area contributed by atoms with Crippen LogP contribution in [0, 0.1) is 6.92 Å². The number of benzene rings is 1. The maximum atomic E-state index is 11.7. The summed E-state index contributed by atoms with van der Waals surface area (Å²) in [6.07, 6.45) is 0.816. The standard InChI is InChI=1S/C19H28N2O5/c1-5-8-20-17(22)10-21-18(23)11-26-19(24)12-25-16-9-15(13(2)3)7-6-14(16)4/h6-7,9,13H,5,8,10-12H2,1-4H3,(H,20,22)(H,21,23). The van der Waals surface area contributed by atoms with Gasteiger partial charge in [-0.2, -0.15) is 0 Å². The molecule has 0 radical (unpaired) electrons. The number of nitrogens with one attached hydrogen (secondary N) is 2. The molecule has 7 nitrogen and oxygen atoms in total. The van der Waals surface area contributed by atoms with Crippen molar-refractivity contribution in [2.24, 2.45) is 0 Å². The second-order valence-electron chi connectivity index (χ2n) is 6.26. The molecule has 7 heteroatoms. The maximum absolute atomic E-state index is 11.7. The van der Waals surface area contributed by atoms with Crippen molar-refractivity contribution in [3.63, 3.8) is 0 Å². The van der Waals surface area contributed by atoms with Gasteiger partial charge in [-0.3, -0.25) is 9.59 Å². The first-order chi connectivity index (χ1) is 12.3. The van der Waals surface area contributed by atoms with E-state index in [0.717, 1.165) is 17.5 Å². The third kappa shape index (κ3) is 8.00. The fourth-order valence-electron chi connectivity index (χ4n) is 2.01. The molecule has 1 aromatic carbocycles. The van der Waals surface area contributed by atoms with E-state index in [0.29, 0.717) is 18.2 Å². The van der Waals surface area contributed by atoms with E-state index in [2.05, 4.69) is 24.5 Å². The number of esters is 1. The average molecular weight is 364 g/mol. The van der Waals surface area contributed by atoms with Gasteiger partial charge in [0.2, 0.25) is 5.91 Å². The molecular weight excluding hydrogens is 336 g/mol. The number of ether oxygens (including phenoxy) is 2. The largest absolute Gasteiger partial charge is 0.482 e. The molecule has 2 N–H and O–H groups in total. The molecule has 1 rings (SSSR count). The van der Waals surface area contributed by atoms with E-state index in [4.69, 9.17) is 9.47 Å². The minimum atomic E-state index is -0.648. The number of hydrogen-bond acceptors (Lipinski definition) is 5. The molecule has 144 valence electrons. The van der Waals surface area contributed by atoms with Crippen LogP contribution in [0.25, 0.3) is 0 Å². The first-order valence-electron chi connectivity index (χ1n) is 8.75. The molecule has 0 bridgehead atoms. The van der Waals surface area contributed by atoms with Crippen molar-refractivity contribution in [1.29, 1.82) is 0 Å². The van der Waals surface area contributed by atoms with Gasteiger partial charge in [-0.1, -0.05) is 32.9 Å². The number of aryl methyl sites for hydroxylation is 1.